The molecule has 0 radical (unpaired) electrons. The van der Waals surface area contributed by atoms with Gasteiger partial charge in [0.05, 0.1) is 7.11 Å². The summed E-state index contributed by atoms with van der Waals surface area (Å²) >= 11 is 0. The maximum absolute atomic E-state index is 5.14. The minimum atomic E-state index is 0.896. The molecule has 2 aromatic rings. The van der Waals surface area contributed by atoms with Gasteiger partial charge in [-0.05, 0) is 42.7 Å². The van der Waals surface area contributed by atoms with Crippen LogP contribution in [0.3, 0.4) is 0 Å². The Hall–Kier alpha value is -2.32. The first-order valence-electron chi connectivity index (χ1n) is 7.48. The lowest BCUT2D eigenvalue weighted by atomic mass is 10.0. The van der Waals surface area contributed by atoms with Crippen LogP contribution in [0.2, 0.25) is 0 Å². The Morgan fingerprint density at radius 2 is 1.48 bits per heavy atom. The number of hydrogen-bond acceptors (Lipinski definition) is 2. The fourth-order valence-electron chi connectivity index (χ4n) is 1.80. The SMILES string of the molecule is C=C/C=C\C.COC.COc1ccc(-c2ccccc2C)cc1. The van der Waals surface area contributed by atoms with Crippen LogP contribution in [0, 0.1) is 6.92 Å². The second-order valence-electron chi connectivity index (χ2n) is 4.71. The second kappa shape index (κ2) is 13.4. The average molecular weight is 312 g/mol. The Balaban J connectivity index is 0.000000511. The van der Waals surface area contributed by atoms with E-state index in [1.54, 1.807) is 27.4 Å². The molecule has 23 heavy (non-hydrogen) atoms. The van der Waals surface area contributed by atoms with Crippen molar-refractivity contribution in [2.24, 2.45) is 0 Å². The van der Waals surface area contributed by atoms with Crippen molar-refractivity contribution in [3.63, 3.8) is 0 Å². The minimum absolute atomic E-state index is 0.896. The molecular weight excluding hydrogens is 284 g/mol. The van der Waals surface area contributed by atoms with Gasteiger partial charge in [-0.25, -0.2) is 0 Å². The number of aryl methyl sites for hydroxylation is 1. The lowest BCUT2D eigenvalue weighted by molar-refractivity contribution is 0.277. The van der Waals surface area contributed by atoms with Crippen LogP contribution in [-0.2, 0) is 4.74 Å². The van der Waals surface area contributed by atoms with E-state index in [9.17, 15) is 0 Å². The minimum Gasteiger partial charge on any atom is -0.497 e. The Morgan fingerprint density at radius 1 is 0.913 bits per heavy atom. The topological polar surface area (TPSA) is 18.5 Å². The van der Waals surface area contributed by atoms with Crippen LogP contribution in [0.1, 0.15) is 12.5 Å². The van der Waals surface area contributed by atoms with E-state index in [1.807, 2.05) is 31.2 Å². The van der Waals surface area contributed by atoms with E-state index in [-0.39, 0.29) is 0 Å². The fraction of sp³-hybridized carbons (Fsp3) is 0.238. The van der Waals surface area contributed by atoms with E-state index in [0.29, 0.717) is 0 Å². The van der Waals surface area contributed by atoms with Gasteiger partial charge >= 0.3 is 0 Å². The van der Waals surface area contributed by atoms with Crippen LogP contribution in [0.5, 0.6) is 5.75 Å². The molecule has 0 aromatic heterocycles. The summed E-state index contributed by atoms with van der Waals surface area (Å²) in [6, 6.07) is 16.5. The van der Waals surface area contributed by atoms with Gasteiger partial charge in [-0.15, -0.1) is 0 Å². The van der Waals surface area contributed by atoms with Crippen molar-refractivity contribution in [2.75, 3.05) is 21.3 Å². The van der Waals surface area contributed by atoms with Crippen LogP contribution in [0.25, 0.3) is 11.1 Å². The first kappa shape index (κ1) is 20.7. The lowest BCUT2D eigenvalue weighted by Gasteiger charge is -2.06. The standard InChI is InChI=1S/C14H14O.C5H8.C2H6O/c1-11-5-3-4-6-14(11)12-7-9-13(15-2)10-8-12;1-3-5-4-2;1-3-2/h3-10H,1-2H3;3-5H,1H2,2H3;1-2H3/b;5-4-;. The van der Waals surface area contributed by atoms with Crippen LogP contribution < -0.4 is 4.74 Å². The summed E-state index contributed by atoms with van der Waals surface area (Å²) in [4.78, 5) is 0. The first-order chi connectivity index (χ1) is 11.1. The van der Waals surface area contributed by atoms with Crippen molar-refractivity contribution in [3.8, 4) is 16.9 Å². The van der Waals surface area contributed by atoms with E-state index in [1.165, 1.54) is 16.7 Å². The van der Waals surface area contributed by atoms with Gasteiger partial charge in [-0.2, -0.15) is 0 Å². The summed E-state index contributed by atoms with van der Waals surface area (Å²) in [5.41, 5.74) is 3.80. The molecule has 124 valence electrons. The Kier molecular flexibility index (Phi) is 12.0. The highest BCUT2D eigenvalue weighted by atomic mass is 16.5. The van der Waals surface area contributed by atoms with Gasteiger partial charge in [0.15, 0.2) is 0 Å². The number of methoxy groups -OCH3 is 2. The zero-order chi connectivity index (χ0) is 17.5. The smallest absolute Gasteiger partial charge is 0.118 e. The average Bonchev–Trinajstić information content (AvgIpc) is 2.58. The normalized spacial score (nSPS) is 9.26. The quantitative estimate of drug-likeness (QED) is 0.679. The van der Waals surface area contributed by atoms with Crippen molar-refractivity contribution >= 4 is 0 Å². The number of hydrogen-bond donors (Lipinski definition) is 0. The van der Waals surface area contributed by atoms with E-state index >= 15 is 0 Å². The third kappa shape index (κ3) is 8.64. The van der Waals surface area contributed by atoms with Gasteiger partial charge in [0, 0.05) is 14.2 Å². The van der Waals surface area contributed by atoms with Crippen LogP contribution >= 0.6 is 0 Å². The lowest BCUT2D eigenvalue weighted by Crippen LogP contribution is -1.84. The molecular formula is C21H28O2. The highest BCUT2D eigenvalue weighted by Gasteiger charge is 2.00. The summed E-state index contributed by atoms with van der Waals surface area (Å²) in [6.45, 7) is 7.55. The molecule has 0 N–H and O–H groups in total. The van der Waals surface area contributed by atoms with Gasteiger partial charge in [0.25, 0.3) is 0 Å². The van der Waals surface area contributed by atoms with Crippen molar-refractivity contribution in [1.82, 2.24) is 0 Å². The molecule has 0 saturated heterocycles. The van der Waals surface area contributed by atoms with E-state index in [0.717, 1.165) is 5.75 Å². The number of benzene rings is 2. The molecule has 2 heteroatoms. The molecule has 2 aromatic carbocycles. The zero-order valence-corrected chi connectivity index (χ0v) is 14.9. The molecule has 0 saturated carbocycles. The number of allylic oxidation sites excluding steroid dienone is 3. The van der Waals surface area contributed by atoms with Gasteiger partial charge < -0.3 is 9.47 Å². The zero-order valence-electron chi connectivity index (χ0n) is 14.9. The maximum Gasteiger partial charge on any atom is 0.118 e. The monoisotopic (exact) mass is 312 g/mol. The molecule has 0 bridgehead atoms. The Bertz CT molecular complexity index is 569. The molecule has 2 nitrogen and oxygen atoms in total. The third-order valence-corrected chi connectivity index (χ3v) is 2.87. The Labute approximate surface area is 141 Å². The Morgan fingerprint density at radius 3 is 1.87 bits per heavy atom. The van der Waals surface area contributed by atoms with Gasteiger partial charge in [-0.3, -0.25) is 0 Å². The summed E-state index contributed by atoms with van der Waals surface area (Å²) in [5, 5.41) is 0. The largest absolute Gasteiger partial charge is 0.497 e. The molecule has 0 aliphatic carbocycles. The highest BCUT2D eigenvalue weighted by Crippen LogP contribution is 2.24. The molecule has 0 aliphatic rings. The van der Waals surface area contributed by atoms with Gasteiger partial charge in [0.2, 0.25) is 0 Å². The van der Waals surface area contributed by atoms with Crippen molar-refractivity contribution in [3.05, 3.63) is 78.9 Å². The predicted molar refractivity (Wildman–Crippen MR) is 101 cm³/mol. The maximum atomic E-state index is 5.14. The van der Waals surface area contributed by atoms with Crippen LogP contribution in [0.15, 0.2) is 73.3 Å². The van der Waals surface area contributed by atoms with Gasteiger partial charge in [0.1, 0.15) is 5.75 Å². The summed E-state index contributed by atoms with van der Waals surface area (Å²) in [5.74, 6) is 0.896. The van der Waals surface area contributed by atoms with Crippen LogP contribution in [-0.4, -0.2) is 21.3 Å². The van der Waals surface area contributed by atoms with Crippen molar-refractivity contribution in [1.29, 1.82) is 0 Å². The summed E-state index contributed by atoms with van der Waals surface area (Å²) in [7, 11) is 4.93. The molecule has 0 heterocycles. The van der Waals surface area contributed by atoms with Gasteiger partial charge in [-0.1, -0.05) is 61.2 Å². The molecule has 0 fully saturated rings. The summed E-state index contributed by atoms with van der Waals surface area (Å²) < 4.78 is 9.39. The molecule has 0 atom stereocenters. The van der Waals surface area contributed by atoms with E-state index < -0.39 is 0 Å². The summed E-state index contributed by atoms with van der Waals surface area (Å²) in [6.07, 6.45) is 5.58. The van der Waals surface area contributed by atoms with E-state index in [4.69, 9.17) is 4.74 Å². The molecule has 0 amide bonds. The van der Waals surface area contributed by atoms with Crippen LogP contribution in [0.4, 0.5) is 0 Å². The second-order valence-corrected chi connectivity index (χ2v) is 4.71. The van der Waals surface area contributed by atoms with Crippen molar-refractivity contribution < 1.29 is 9.47 Å². The molecule has 0 unspecified atom stereocenters. The predicted octanol–water partition coefficient (Wildman–Crippen LogP) is 5.68. The first-order valence-corrected chi connectivity index (χ1v) is 7.48. The molecule has 0 spiro atoms. The van der Waals surface area contributed by atoms with E-state index in [2.05, 4.69) is 54.6 Å². The highest BCUT2D eigenvalue weighted by molar-refractivity contribution is 5.67. The molecule has 0 aliphatic heterocycles. The number of ether oxygens (including phenoxy) is 2. The third-order valence-electron chi connectivity index (χ3n) is 2.87. The fourth-order valence-corrected chi connectivity index (χ4v) is 1.80. The number of rotatable bonds is 3. The van der Waals surface area contributed by atoms with Crippen molar-refractivity contribution in [2.45, 2.75) is 13.8 Å². The molecule has 2 rings (SSSR count).